The molecule has 1 aliphatic carbocycles. The number of aromatic nitrogens is 3. The molecule has 0 saturated heterocycles. The molecule has 0 spiro atoms. The van der Waals surface area contributed by atoms with Gasteiger partial charge in [0.15, 0.2) is 0 Å². The lowest BCUT2D eigenvalue weighted by atomic mass is 10.0. The van der Waals surface area contributed by atoms with Crippen molar-refractivity contribution in [2.24, 2.45) is 5.41 Å². The number of nitrogens with zero attached hydrogens (tertiary/aromatic N) is 3. The highest BCUT2D eigenvalue weighted by molar-refractivity contribution is 5.99. The number of halogens is 3. The van der Waals surface area contributed by atoms with Crippen LogP contribution in [-0.4, -0.2) is 33.6 Å². The van der Waals surface area contributed by atoms with Gasteiger partial charge in [-0.3, -0.25) is 9.78 Å². The van der Waals surface area contributed by atoms with Crippen LogP contribution in [0.3, 0.4) is 0 Å². The highest BCUT2D eigenvalue weighted by Crippen LogP contribution is 2.59. The number of nitrogens with one attached hydrogen (secondary N) is 1. The molecule has 0 bridgehead atoms. The third kappa shape index (κ3) is 3.50. The van der Waals surface area contributed by atoms with Crippen LogP contribution in [0.5, 0.6) is 5.88 Å². The Balaban J connectivity index is 1.50. The fourth-order valence-electron chi connectivity index (χ4n) is 2.29. The summed E-state index contributed by atoms with van der Waals surface area (Å²) >= 11 is 0. The number of alkyl halides is 3. The van der Waals surface area contributed by atoms with E-state index in [0.717, 1.165) is 4.79 Å². The quantitative estimate of drug-likeness (QED) is 0.878. The molecule has 2 aromatic rings. The highest BCUT2D eigenvalue weighted by Gasteiger charge is 2.62. The number of carbonyl (C=O) groups excluding carboxylic acids is 1. The molecule has 3 rings (SSSR count). The smallest absolute Gasteiger partial charge is 0.394 e. The molecule has 0 unspecified atom stereocenters. The van der Waals surface area contributed by atoms with Gasteiger partial charge in [0.2, 0.25) is 5.88 Å². The van der Waals surface area contributed by atoms with Gasteiger partial charge in [0.25, 0.3) is 5.91 Å². The van der Waals surface area contributed by atoms with Crippen molar-refractivity contribution in [3.05, 3.63) is 42.4 Å². The standard InChI is InChI=1S/C15H15F3N4O2/c16-15(17,18)14(4-5-14)6-9-24-12-3-8-22(20-12)21-13(23)11-2-1-7-19-10-11/h1-3,7-8,10H,4-6,9H2,(H,21,23). The summed E-state index contributed by atoms with van der Waals surface area (Å²) in [5.41, 5.74) is 1.25. The van der Waals surface area contributed by atoms with Crippen molar-refractivity contribution in [2.75, 3.05) is 12.0 Å². The van der Waals surface area contributed by atoms with E-state index in [9.17, 15) is 18.0 Å². The van der Waals surface area contributed by atoms with Crippen LogP contribution in [0.4, 0.5) is 13.2 Å². The molecule has 2 aromatic heterocycles. The lowest BCUT2D eigenvalue weighted by Gasteiger charge is -2.18. The number of pyridine rings is 1. The minimum absolute atomic E-state index is 0.0763. The van der Waals surface area contributed by atoms with E-state index in [1.165, 1.54) is 18.5 Å². The Bertz CT molecular complexity index is 711. The van der Waals surface area contributed by atoms with Crippen molar-refractivity contribution in [1.29, 1.82) is 0 Å². The monoisotopic (exact) mass is 340 g/mol. The molecule has 0 aliphatic heterocycles. The zero-order chi connectivity index (χ0) is 17.2. The highest BCUT2D eigenvalue weighted by atomic mass is 19.4. The van der Waals surface area contributed by atoms with Gasteiger partial charge >= 0.3 is 6.18 Å². The first-order valence-electron chi connectivity index (χ1n) is 7.36. The first-order chi connectivity index (χ1) is 11.4. The summed E-state index contributed by atoms with van der Waals surface area (Å²) < 4.78 is 43.7. The summed E-state index contributed by atoms with van der Waals surface area (Å²) in [4.78, 5) is 16.9. The van der Waals surface area contributed by atoms with Crippen LogP contribution in [-0.2, 0) is 0 Å². The van der Waals surface area contributed by atoms with E-state index >= 15 is 0 Å². The molecule has 2 heterocycles. The van der Waals surface area contributed by atoms with Crippen LogP contribution in [0.1, 0.15) is 29.6 Å². The Morgan fingerprint density at radius 1 is 1.38 bits per heavy atom. The third-order valence-electron chi connectivity index (χ3n) is 3.99. The van der Waals surface area contributed by atoms with Gasteiger partial charge in [-0.15, -0.1) is 5.10 Å². The predicted octanol–water partition coefficient (Wildman–Crippen LogP) is 2.77. The van der Waals surface area contributed by atoms with Gasteiger partial charge in [0, 0.05) is 18.5 Å². The minimum atomic E-state index is -4.19. The Hall–Kier alpha value is -2.58. The van der Waals surface area contributed by atoms with E-state index in [4.69, 9.17) is 4.74 Å². The molecule has 128 valence electrons. The van der Waals surface area contributed by atoms with E-state index < -0.39 is 17.5 Å². The summed E-state index contributed by atoms with van der Waals surface area (Å²) in [6, 6.07) is 4.69. The zero-order valence-electron chi connectivity index (χ0n) is 12.6. The van der Waals surface area contributed by atoms with E-state index in [1.807, 2.05) is 0 Å². The fraction of sp³-hybridized carbons (Fsp3) is 0.400. The van der Waals surface area contributed by atoms with E-state index in [2.05, 4.69) is 15.5 Å². The van der Waals surface area contributed by atoms with Gasteiger partial charge in [-0.1, -0.05) is 0 Å². The third-order valence-corrected chi connectivity index (χ3v) is 3.99. The molecule has 0 aromatic carbocycles. The normalized spacial score (nSPS) is 15.8. The van der Waals surface area contributed by atoms with Crippen molar-refractivity contribution in [2.45, 2.75) is 25.4 Å². The molecule has 1 amide bonds. The van der Waals surface area contributed by atoms with Crippen molar-refractivity contribution >= 4 is 5.91 Å². The van der Waals surface area contributed by atoms with Crippen molar-refractivity contribution < 1.29 is 22.7 Å². The predicted molar refractivity (Wildman–Crippen MR) is 78.0 cm³/mol. The van der Waals surface area contributed by atoms with Crippen LogP contribution in [0.15, 0.2) is 36.8 Å². The summed E-state index contributed by atoms with van der Waals surface area (Å²) in [6.45, 7) is -0.0763. The number of hydrogen-bond acceptors (Lipinski definition) is 4. The molecular formula is C15H15F3N4O2. The van der Waals surface area contributed by atoms with Crippen molar-refractivity contribution in [1.82, 2.24) is 14.9 Å². The fourth-order valence-corrected chi connectivity index (χ4v) is 2.29. The molecular weight excluding hydrogens is 325 g/mol. The van der Waals surface area contributed by atoms with Gasteiger partial charge in [0.05, 0.1) is 23.8 Å². The zero-order valence-corrected chi connectivity index (χ0v) is 12.6. The number of rotatable bonds is 6. The molecule has 6 nitrogen and oxygen atoms in total. The van der Waals surface area contributed by atoms with Gasteiger partial charge in [0.1, 0.15) is 0 Å². The molecule has 1 aliphatic rings. The number of carbonyl (C=O) groups is 1. The van der Waals surface area contributed by atoms with Gasteiger partial charge in [-0.25, -0.2) is 5.43 Å². The Morgan fingerprint density at radius 3 is 2.79 bits per heavy atom. The average molecular weight is 340 g/mol. The van der Waals surface area contributed by atoms with Gasteiger partial charge in [-0.05, 0) is 31.4 Å². The molecule has 24 heavy (non-hydrogen) atoms. The second kappa shape index (κ2) is 6.14. The maximum Gasteiger partial charge on any atom is 0.394 e. The summed E-state index contributed by atoms with van der Waals surface area (Å²) in [5, 5.41) is 3.94. The number of ether oxygens (including phenoxy) is 1. The van der Waals surface area contributed by atoms with Crippen LogP contribution >= 0.6 is 0 Å². The maximum atomic E-state index is 12.8. The Morgan fingerprint density at radius 2 is 2.17 bits per heavy atom. The van der Waals surface area contributed by atoms with Crippen molar-refractivity contribution in [3.8, 4) is 5.88 Å². The van der Waals surface area contributed by atoms with Gasteiger partial charge < -0.3 is 4.74 Å². The molecule has 1 N–H and O–H groups in total. The largest absolute Gasteiger partial charge is 0.477 e. The topological polar surface area (TPSA) is 69.0 Å². The minimum Gasteiger partial charge on any atom is -0.477 e. The van der Waals surface area contributed by atoms with Crippen LogP contribution in [0.25, 0.3) is 0 Å². The first kappa shape index (κ1) is 16.3. The second-order valence-electron chi connectivity index (χ2n) is 5.66. The van der Waals surface area contributed by atoms with Crippen LogP contribution in [0.2, 0.25) is 0 Å². The average Bonchev–Trinajstić information content (AvgIpc) is 3.22. The first-order valence-corrected chi connectivity index (χ1v) is 7.36. The van der Waals surface area contributed by atoms with Crippen LogP contribution in [0, 0.1) is 5.41 Å². The Labute approximate surface area is 135 Å². The number of amides is 1. The summed E-state index contributed by atoms with van der Waals surface area (Å²) in [6.07, 6.45) is 0.413. The van der Waals surface area contributed by atoms with E-state index in [1.54, 1.807) is 18.3 Å². The lowest BCUT2D eigenvalue weighted by Crippen LogP contribution is -2.26. The van der Waals surface area contributed by atoms with E-state index in [0.29, 0.717) is 5.56 Å². The molecule has 9 heteroatoms. The molecule has 0 radical (unpaired) electrons. The van der Waals surface area contributed by atoms with E-state index in [-0.39, 0.29) is 31.7 Å². The summed E-state index contributed by atoms with van der Waals surface area (Å²) in [5.74, 6) is -0.258. The SMILES string of the molecule is O=C(Nn1ccc(OCCC2(C(F)(F)F)CC2)n1)c1cccnc1. The maximum absolute atomic E-state index is 12.8. The second-order valence-corrected chi connectivity index (χ2v) is 5.66. The van der Waals surface area contributed by atoms with Gasteiger partial charge in [-0.2, -0.15) is 18.0 Å². The molecule has 1 saturated carbocycles. The number of hydrogen-bond donors (Lipinski definition) is 1. The molecule has 1 fully saturated rings. The lowest BCUT2D eigenvalue weighted by molar-refractivity contribution is -0.190. The molecule has 0 atom stereocenters. The van der Waals surface area contributed by atoms with Crippen LogP contribution < -0.4 is 10.2 Å². The van der Waals surface area contributed by atoms with Crippen molar-refractivity contribution in [3.63, 3.8) is 0 Å². The summed E-state index contributed by atoms with van der Waals surface area (Å²) in [7, 11) is 0. The Kier molecular flexibility index (Phi) is 4.16.